The van der Waals surface area contributed by atoms with Crippen LogP contribution in [0.2, 0.25) is 0 Å². The van der Waals surface area contributed by atoms with Crippen molar-refractivity contribution in [3.63, 3.8) is 0 Å². The molecule has 1 fully saturated rings. The van der Waals surface area contributed by atoms with Gasteiger partial charge in [-0.15, -0.1) is 0 Å². The SMILES string of the molecule is CCOc1ccc(C(=O)N2CCCCC2CNC(=O)CCN)cc1[N+](=O)[O-]. The van der Waals surface area contributed by atoms with Gasteiger partial charge in [-0.1, -0.05) is 0 Å². The highest BCUT2D eigenvalue weighted by Crippen LogP contribution is 2.29. The van der Waals surface area contributed by atoms with Gasteiger partial charge in [-0.05, 0) is 38.3 Å². The number of nitro benzene ring substituents is 1. The van der Waals surface area contributed by atoms with E-state index < -0.39 is 4.92 Å². The molecule has 0 aromatic heterocycles. The van der Waals surface area contributed by atoms with Crippen LogP contribution in [-0.2, 0) is 4.79 Å². The smallest absolute Gasteiger partial charge is 0.311 e. The number of hydrogen-bond donors (Lipinski definition) is 2. The van der Waals surface area contributed by atoms with Crippen LogP contribution in [-0.4, -0.2) is 53.9 Å². The molecular weight excluding hydrogens is 352 g/mol. The molecule has 3 N–H and O–H groups in total. The lowest BCUT2D eigenvalue weighted by Crippen LogP contribution is -2.49. The molecule has 1 aliphatic rings. The van der Waals surface area contributed by atoms with Gasteiger partial charge in [0.1, 0.15) is 0 Å². The zero-order valence-electron chi connectivity index (χ0n) is 15.5. The largest absolute Gasteiger partial charge is 0.487 e. The molecule has 27 heavy (non-hydrogen) atoms. The van der Waals surface area contributed by atoms with Crippen molar-refractivity contribution in [1.29, 1.82) is 0 Å². The standard InChI is InChI=1S/C18H26N4O5/c1-2-27-16-7-6-13(11-15(16)22(25)26)18(24)21-10-4-3-5-14(21)12-20-17(23)8-9-19/h6-7,11,14H,2-5,8-10,12,19H2,1H3,(H,20,23). The average molecular weight is 378 g/mol. The number of nitro groups is 1. The van der Waals surface area contributed by atoms with Crippen LogP contribution in [0.25, 0.3) is 0 Å². The Morgan fingerprint density at radius 1 is 1.41 bits per heavy atom. The van der Waals surface area contributed by atoms with Crippen molar-refractivity contribution in [2.75, 3.05) is 26.2 Å². The van der Waals surface area contributed by atoms with E-state index in [1.165, 1.54) is 12.1 Å². The highest BCUT2D eigenvalue weighted by atomic mass is 16.6. The van der Waals surface area contributed by atoms with Crippen LogP contribution >= 0.6 is 0 Å². The molecule has 0 bridgehead atoms. The maximum Gasteiger partial charge on any atom is 0.311 e. The summed E-state index contributed by atoms with van der Waals surface area (Å²) in [6.45, 7) is 3.21. The molecule has 1 heterocycles. The van der Waals surface area contributed by atoms with Crippen molar-refractivity contribution >= 4 is 17.5 Å². The molecule has 1 atom stereocenters. The first kappa shape index (κ1) is 20.6. The third-order valence-corrected chi connectivity index (χ3v) is 4.50. The first-order valence-electron chi connectivity index (χ1n) is 9.16. The van der Waals surface area contributed by atoms with Gasteiger partial charge in [0, 0.05) is 43.7 Å². The van der Waals surface area contributed by atoms with Gasteiger partial charge in [0.2, 0.25) is 5.91 Å². The van der Waals surface area contributed by atoms with E-state index in [1.54, 1.807) is 17.9 Å². The summed E-state index contributed by atoms with van der Waals surface area (Å²) >= 11 is 0. The van der Waals surface area contributed by atoms with Crippen LogP contribution in [0.5, 0.6) is 5.75 Å². The van der Waals surface area contributed by atoms with Crippen molar-refractivity contribution in [2.24, 2.45) is 5.73 Å². The molecule has 1 aromatic rings. The summed E-state index contributed by atoms with van der Waals surface area (Å²) in [6, 6.07) is 4.11. The molecule has 1 unspecified atom stereocenters. The molecule has 2 rings (SSSR count). The fourth-order valence-electron chi connectivity index (χ4n) is 3.17. The Balaban J connectivity index is 2.16. The summed E-state index contributed by atoms with van der Waals surface area (Å²) in [6.07, 6.45) is 2.84. The summed E-state index contributed by atoms with van der Waals surface area (Å²) in [7, 11) is 0. The molecule has 0 spiro atoms. The maximum absolute atomic E-state index is 13.0. The van der Waals surface area contributed by atoms with E-state index in [4.69, 9.17) is 10.5 Å². The number of carbonyl (C=O) groups excluding carboxylic acids is 2. The van der Waals surface area contributed by atoms with Gasteiger partial charge in [0.05, 0.1) is 11.5 Å². The van der Waals surface area contributed by atoms with Crippen LogP contribution in [0.1, 0.15) is 43.0 Å². The number of likely N-dealkylation sites (tertiary alicyclic amines) is 1. The summed E-state index contributed by atoms with van der Waals surface area (Å²) in [5, 5.41) is 14.1. The van der Waals surface area contributed by atoms with Gasteiger partial charge >= 0.3 is 5.69 Å². The monoisotopic (exact) mass is 378 g/mol. The number of amides is 2. The Bertz CT molecular complexity index is 694. The molecule has 1 aliphatic heterocycles. The second-order valence-corrected chi connectivity index (χ2v) is 6.36. The Labute approximate surface area is 158 Å². The third kappa shape index (κ3) is 5.40. The van der Waals surface area contributed by atoms with E-state index in [0.29, 0.717) is 19.7 Å². The number of hydrogen-bond acceptors (Lipinski definition) is 6. The van der Waals surface area contributed by atoms with Crippen molar-refractivity contribution in [1.82, 2.24) is 10.2 Å². The normalized spacial score (nSPS) is 16.7. The number of carbonyl (C=O) groups is 2. The maximum atomic E-state index is 13.0. The fraction of sp³-hybridized carbons (Fsp3) is 0.556. The quantitative estimate of drug-likeness (QED) is 0.520. The van der Waals surface area contributed by atoms with Crippen LogP contribution in [0, 0.1) is 10.1 Å². The summed E-state index contributed by atoms with van der Waals surface area (Å²) in [5.74, 6) is -0.283. The summed E-state index contributed by atoms with van der Waals surface area (Å²) in [4.78, 5) is 37.0. The Morgan fingerprint density at radius 3 is 2.85 bits per heavy atom. The fourth-order valence-corrected chi connectivity index (χ4v) is 3.17. The number of nitrogens with one attached hydrogen (secondary N) is 1. The first-order chi connectivity index (χ1) is 13.0. The average Bonchev–Trinajstić information content (AvgIpc) is 2.66. The lowest BCUT2D eigenvalue weighted by molar-refractivity contribution is -0.385. The van der Waals surface area contributed by atoms with Crippen LogP contribution in [0.15, 0.2) is 18.2 Å². The van der Waals surface area contributed by atoms with Gasteiger partial charge in [-0.3, -0.25) is 19.7 Å². The van der Waals surface area contributed by atoms with E-state index in [1.807, 2.05) is 0 Å². The van der Waals surface area contributed by atoms with Crippen LogP contribution < -0.4 is 15.8 Å². The minimum absolute atomic E-state index is 0.140. The van der Waals surface area contributed by atoms with E-state index in [-0.39, 0.29) is 47.8 Å². The molecule has 0 radical (unpaired) electrons. The molecule has 1 aromatic carbocycles. The molecule has 2 amide bonds. The van der Waals surface area contributed by atoms with Crippen LogP contribution in [0.4, 0.5) is 5.69 Å². The number of piperidine rings is 1. The molecule has 1 saturated heterocycles. The van der Waals surface area contributed by atoms with Gasteiger partial charge in [0.15, 0.2) is 5.75 Å². The van der Waals surface area contributed by atoms with Gasteiger partial charge < -0.3 is 20.7 Å². The van der Waals surface area contributed by atoms with E-state index in [0.717, 1.165) is 19.3 Å². The van der Waals surface area contributed by atoms with E-state index >= 15 is 0 Å². The summed E-state index contributed by atoms with van der Waals surface area (Å²) < 4.78 is 5.26. The molecule has 0 aliphatic carbocycles. The number of nitrogens with two attached hydrogens (primary N) is 1. The first-order valence-corrected chi connectivity index (χ1v) is 9.16. The third-order valence-electron chi connectivity index (χ3n) is 4.50. The number of rotatable bonds is 8. The van der Waals surface area contributed by atoms with Crippen molar-refractivity contribution < 1.29 is 19.2 Å². The van der Waals surface area contributed by atoms with Crippen LogP contribution in [0.3, 0.4) is 0 Å². The topological polar surface area (TPSA) is 128 Å². The van der Waals surface area contributed by atoms with Gasteiger partial charge in [-0.25, -0.2) is 0 Å². The zero-order valence-corrected chi connectivity index (χ0v) is 15.5. The Hall–Kier alpha value is -2.68. The van der Waals surface area contributed by atoms with E-state index in [2.05, 4.69) is 5.32 Å². The van der Waals surface area contributed by atoms with Crippen molar-refractivity contribution in [3.05, 3.63) is 33.9 Å². The zero-order chi connectivity index (χ0) is 19.8. The van der Waals surface area contributed by atoms with Crippen molar-refractivity contribution in [3.8, 4) is 5.75 Å². The highest BCUT2D eigenvalue weighted by molar-refractivity contribution is 5.95. The van der Waals surface area contributed by atoms with Gasteiger partial charge in [-0.2, -0.15) is 0 Å². The second-order valence-electron chi connectivity index (χ2n) is 6.36. The van der Waals surface area contributed by atoms with E-state index in [9.17, 15) is 19.7 Å². The molecule has 148 valence electrons. The molecular formula is C18H26N4O5. The Kier molecular flexibility index (Phi) is 7.54. The van der Waals surface area contributed by atoms with Gasteiger partial charge in [0.25, 0.3) is 5.91 Å². The predicted octanol–water partition coefficient (Wildman–Crippen LogP) is 1.45. The van der Waals surface area contributed by atoms with Crippen molar-refractivity contribution in [2.45, 2.75) is 38.6 Å². The molecule has 9 heteroatoms. The minimum atomic E-state index is -0.553. The number of benzene rings is 1. The predicted molar refractivity (Wildman–Crippen MR) is 99.6 cm³/mol. The number of ether oxygens (including phenoxy) is 1. The number of nitrogens with zero attached hydrogens (tertiary/aromatic N) is 2. The molecule has 9 nitrogen and oxygen atoms in total. The highest BCUT2D eigenvalue weighted by Gasteiger charge is 2.29. The lowest BCUT2D eigenvalue weighted by Gasteiger charge is -2.36. The summed E-state index contributed by atoms with van der Waals surface area (Å²) in [5.41, 5.74) is 5.38. The lowest BCUT2D eigenvalue weighted by atomic mass is 10.0. The Morgan fingerprint density at radius 2 is 2.19 bits per heavy atom. The minimum Gasteiger partial charge on any atom is -0.487 e. The second kappa shape index (κ2) is 9.86. The molecule has 0 saturated carbocycles.